The molecule has 6 heteroatoms. The molecule has 1 rings (SSSR count). The first-order valence-electron chi connectivity index (χ1n) is 3.67. The lowest BCUT2D eigenvalue weighted by Gasteiger charge is -2.09. The van der Waals surface area contributed by atoms with Crippen LogP contribution >= 0.6 is 11.6 Å². The van der Waals surface area contributed by atoms with E-state index in [1.165, 1.54) is 7.11 Å². The van der Waals surface area contributed by atoms with Gasteiger partial charge in [0.2, 0.25) is 11.8 Å². The molecule has 0 saturated carbocycles. The second kappa shape index (κ2) is 4.50. The molecule has 1 aromatic rings. The van der Waals surface area contributed by atoms with E-state index < -0.39 is 17.9 Å². The minimum Gasteiger partial charge on any atom is -0.481 e. The van der Waals surface area contributed by atoms with E-state index in [1.54, 1.807) is 0 Å². The van der Waals surface area contributed by atoms with Gasteiger partial charge in [0.25, 0.3) is 6.43 Å². The van der Waals surface area contributed by atoms with Crippen molar-refractivity contribution in [2.24, 2.45) is 0 Å². The molecule has 0 saturated heterocycles. The monoisotopic (exact) mass is 225 g/mol. The average molecular weight is 226 g/mol. The first-order valence-corrected chi connectivity index (χ1v) is 4.21. The van der Waals surface area contributed by atoms with Crippen molar-refractivity contribution in [3.05, 3.63) is 23.1 Å². The summed E-state index contributed by atoms with van der Waals surface area (Å²) in [6, 6.07) is 0.658. The molecule has 0 N–H and O–H groups in total. The van der Waals surface area contributed by atoms with Crippen molar-refractivity contribution in [2.45, 2.75) is 12.3 Å². The van der Waals surface area contributed by atoms with Crippen molar-refractivity contribution in [1.82, 2.24) is 4.98 Å². The Morgan fingerprint density at radius 3 is 2.64 bits per heavy atom. The number of nitrogens with zero attached hydrogens (tertiary/aromatic N) is 1. The highest BCUT2D eigenvalue weighted by Gasteiger charge is 2.19. The van der Waals surface area contributed by atoms with E-state index in [4.69, 9.17) is 11.6 Å². The highest BCUT2D eigenvalue weighted by molar-refractivity contribution is 6.17. The molecule has 1 aromatic heterocycles. The predicted molar refractivity (Wildman–Crippen MR) is 45.3 cm³/mol. The molecular formula is C8H7ClF3NO. The summed E-state index contributed by atoms with van der Waals surface area (Å²) in [6.45, 7) is 0. The van der Waals surface area contributed by atoms with E-state index in [9.17, 15) is 13.2 Å². The van der Waals surface area contributed by atoms with Crippen molar-refractivity contribution < 1.29 is 17.9 Å². The van der Waals surface area contributed by atoms with E-state index in [0.29, 0.717) is 6.07 Å². The summed E-state index contributed by atoms with van der Waals surface area (Å²) in [7, 11) is 1.22. The lowest BCUT2D eigenvalue weighted by molar-refractivity contribution is 0.149. The van der Waals surface area contributed by atoms with Crippen LogP contribution in [-0.4, -0.2) is 12.1 Å². The molecule has 0 atom stereocenters. The second-order valence-corrected chi connectivity index (χ2v) is 2.72. The van der Waals surface area contributed by atoms with Crippen LogP contribution in [0.2, 0.25) is 0 Å². The summed E-state index contributed by atoms with van der Waals surface area (Å²) < 4.78 is 42.2. The van der Waals surface area contributed by atoms with Gasteiger partial charge in [0, 0.05) is 17.2 Å². The normalized spacial score (nSPS) is 10.7. The zero-order valence-corrected chi connectivity index (χ0v) is 7.99. The summed E-state index contributed by atoms with van der Waals surface area (Å²) in [5, 5.41) is 0. The number of alkyl halides is 3. The SMILES string of the molecule is COc1nc(F)cc(C(F)F)c1CCl. The van der Waals surface area contributed by atoms with Gasteiger partial charge < -0.3 is 4.74 Å². The minimum atomic E-state index is -2.80. The molecule has 0 aliphatic rings. The first-order chi connectivity index (χ1) is 6.60. The van der Waals surface area contributed by atoms with Gasteiger partial charge in [-0.25, -0.2) is 8.78 Å². The fourth-order valence-electron chi connectivity index (χ4n) is 1.03. The molecule has 0 amide bonds. The number of hydrogen-bond acceptors (Lipinski definition) is 2. The summed E-state index contributed by atoms with van der Waals surface area (Å²) in [4.78, 5) is 3.30. The van der Waals surface area contributed by atoms with Crippen LogP contribution in [0, 0.1) is 5.95 Å². The zero-order valence-electron chi connectivity index (χ0n) is 7.23. The quantitative estimate of drug-likeness (QED) is 0.583. The van der Waals surface area contributed by atoms with Crippen LogP contribution in [-0.2, 0) is 5.88 Å². The van der Waals surface area contributed by atoms with Gasteiger partial charge in [-0.1, -0.05) is 0 Å². The lowest BCUT2D eigenvalue weighted by Crippen LogP contribution is -2.01. The first kappa shape index (κ1) is 11.1. The molecule has 0 unspecified atom stereocenters. The lowest BCUT2D eigenvalue weighted by atomic mass is 10.1. The Kier molecular flexibility index (Phi) is 3.57. The number of rotatable bonds is 3. The van der Waals surface area contributed by atoms with E-state index >= 15 is 0 Å². The highest BCUT2D eigenvalue weighted by Crippen LogP contribution is 2.30. The van der Waals surface area contributed by atoms with Crippen LogP contribution in [0.5, 0.6) is 5.88 Å². The van der Waals surface area contributed by atoms with Crippen LogP contribution < -0.4 is 4.74 Å². The maximum atomic E-state index is 12.7. The smallest absolute Gasteiger partial charge is 0.264 e. The third-order valence-corrected chi connectivity index (χ3v) is 1.92. The van der Waals surface area contributed by atoms with Crippen molar-refractivity contribution in [3.63, 3.8) is 0 Å². The van der Waals surface area contributed by atoms with Crippen molar-refractivity contribution in [3.8, 4) is 5.88 Å². The molecule has 0 aliphatic carbocycles. The average Bonchev–Trinajstić information content (AvgIpc) is 2.16. The van der Waals surface area contributed by atoms with Gasteiger partial charge in [-0.15, -0.1) is 11.6 Å². The van der Waals surface area contributed by atoms with E-state index in [1.807, 2.05) is 0 Å². The van der Waals surface area contributed by atoms with Crippen LogP contribution in [0.4, 0.5) is 13.2 Å². The van der Waals surface area contributed by atoms with E-state index in [0.717, 1.165) is 0 Å². The van der Waals surface area contributed by atoms with Gasteiger partial charge in [-0.3, -0.25) is 0 Å². The van der Waals surface area contributed by atoms with Gasteiger partial charge in [0.15, 0.2) is 0 Å². The third-order valence-electron chi connectivity index (χ3n) is 1.65. The molecule has 0 aromatic carbocycles. The topological polar surface area (TPSA) is 22.1 Å². The van der Waals surface area contributed by atoms with Gasteiger partial charge in [0.1, 0.15) is 0 Å². The number of pyridine rings is 1. The molecule has 2 nitrogen and oxygen atoms in total. The molecule has 0 bridgehead atoms. The maximum absolute atomic E-state index is 12.7. The van der Waals surface area contributed by atoms with Gasteiger partial charge in [-0.05, 0) is 0 Å². The minimum absolute atomic E-state index is 0.0190. The molecule has 0 aliphatic heterocycles. The highest BCUT2D eigenvalue weighted by atomic mass is 35.5. The Bertz CT molecular complexity index is 333. The summed E-state index contributed by atoms with van der Waals surface area (Å²) in [6.07, 6.45) is -2.80. The van der Waals surface area contributed by atoms with Crippen LogP contribution in [0.3, 0.4) is 0 Å². The van der Waals surface area contributed by atoms with Crippen molar-refractivity contribution in [1.29, 1.82) is 0 Å². The van der Waals surface area contributed by atoms with Gasteiger partial charge in [-0.2, -0.15) is 9.37 Å². The van der Waals surface area contributed by atoms with Crippen LogP contribution in [0.25, 0.3) is 0 Å². The number of methoxy groups -OCH3 is 1. The van der Waals surface area contributed by atoms with Crippen molar-refractivity contribution in [2.75, 3.05) is 7.11 Å². The molecule has 78 valence electrons. The predicted octanol–water partition coefficient (Wildman–Crippen LogP) is 2.91. The molecule has 0 spiro atoms. The molecule has 0 radical (unpaired) electrons. The Morgan fingerprint density at radius 1 is 1.57 bits per heavy atom. The largest absolute Gasteiger partial charge is 0.481 e. The van der Waals surface area contributed by atoms with Crippen LogP contribution in [0.15, 0.2) is 6.07 Å². The number of aromatic nitrogens is 1. The van der Waals surface area contributed by atoms with Gasteiger partial charge in [0.05, 0.1) is 13.0 Å². The van der Waals surface area contributed by atoms with Gasteiger partial charge >= 0.3 is 0 Å². The summed E-state index contributed by atoms with van der Waals surface area (Å²) in [5.41, 5.74) is -0.463. The molecular weight excluding hydrogens is 219 g/mol. The fourth-order valence-corrected chi connectivity index (χ4v) is 1.30. The Morgan fingerprint density at radius 2 is 2.21 bits per heavy atom. The Balaban J connectivity index is 3.31. The fraction of sp³-hybridized carbons (Fsp3) is 0.375. The standard InChI is InChI=1S/C8H7ClF3NO/c1-14-8-5(3-9)4(7(11)12)2-6(10)13-8/h2,7H,3H2,1H3. The van der Waals surface area contributed by atoms with E-state index in [-0.39, 0.29) is 17.3 Å². The molecule has 0 fully saturated rings. The number of halogens is 4. The van der Waals surface area contributed by atoms with Crippen molar-refractivity contribution >= 4 is 11.6 Å². The Hall–Kier alpha value is -0.970. The number of ether oxygens (including phenoxy) is 1. The molecule has 14 heavy (non-hydrogen) atoms. The zero-order chi connectivity index (χ0) is 10.7. The Labute approximate surface area is 83.7 Å². The van der Waals surface area contributed by atoms with E-state index in [2.05, 4.69) is 9.72 Å². The summed E-state index contributed by atoms with van der Waals surface area (Å²) in [5.74, 6) is -1.41. The third kappa shape index (κ3) is 2.09. The molecule has 1 heterocycles. The maximum Gasteiger partial charge on any atom is 0.264 e. The van der Waals surface area contributed by atoms with Crippen LogP contribution in [0.1, 0.15) is 17.6 Å². The number of hydrogen-bond donors (Lipinski definition) is 0. The second-order valence-electron chi connectivity index (χ2n) is 2.46. The summed E-state index contributed by atoms with van der Waals surface area (Å²) >= 11 is 5.44.